The molecule has 1 atom stereocenters. The van der Waals surface area contributed by atoms with Gasteiger partial charge in [0.1, 0.15) is 5.82 Å². The maximum Gasteiger partial charge on any atom is 0.340 e. The maximum atomic E-state index is 13.6. The van der Waals surface area contributed by atoms with E-state index in [1.807, 2.05) is 6.92 Å². The minimum atomic E-state index is -0.753. The molecule has 23 heavy (non-hydrogen) atoms. The number of hydrogen-bond acceptors (Lipinski definition) is 5. The van der Waals surface area contributed by atoms with Crippen LogP contribution in [0.15, 0.2) is 18.2 Å². The molecule has 6 nitrogen and oxygen atoms in total. The van der Waals surface area contributed by atoms with Gasteiger partial charge in [-0.25, -0.2) is 9.18 Å². The van der Waals surface area contributed by atoms with Crippen LogP contribution in [0.1, 0.15) is 23.7 Å². The van der Waals surface area contributed by atoms with E-state index in [9.17, 15) is 14.0 Å². The number of anilines is 1. The molecule has 1 heterocycles. The van der Waals surface area contributed by atoms with Gasteiger partial charge in [-0.3, -0.25) is 4.79 Å². The number of carbonyl (C=O) groups excluding carboxylic acids is 2. The lowest BCUT2D eigenvalue weighted by Crippen LogP contribution is -2.47. The zero-order valence-corrected chi connectivity index (χ0v) is 13.3. The first-order valence-corrected chi connectivity index (χ1v) is 7.56. The molecule has 1 amide bonds. The van der Waals surface area contributed by atoms with Crippen molar-refractivity contribution in [3.05, 3.63) is 29.6 Å². The third kappa shape index (κ3) is 4.41. The second-order valence-corrected chi connectivity index (χ2v) is 5.28. The first-order chi connectivity index (χ1) is 11.0. The number of ether oxygens (including phenoxy) is 2. The molecule has 1 aromatic carbocycles. The normalized spacial score (nSPS) is 17.7. The Hall–Kier alpha value is -2.15. The maximum absolute atomic E-state index is 13.6. The van der Waals surface area contributed by atoms with Gasteiger partial charge in [-0.2, -0.15) is 0 Å². The van der Waals surface area contributed by atoms with E-state index in [2.05, 4.69) is 10.1 Å². The number of carbonyl (C=O) groups is 2. The Morgan fingerprint density at radius 1 is 1.48 bits per heavy atom. The summed E-state index contributed by atoms with van der Waals surface area (Å²) in [5.41, 5.74) is 0.322. The lowest BCUT2D eigenvalue weighted by atomic mass is 10.2. The Balaban J connectivity index is 1.95. The fourth-order valence-corrected chi connectivity index (χ4v) is 2.38. The van der Waals surface area contributed by atoms with Crippen LogP contribution in [0.25, 0.3) is 0 Å². The molecule has 1 aliphatic rings. The molecule has 0 unspecified atom stereocenters. The van der Waals surface area contributed by atoms with Crippen molar-refractivity contribution in [1.29, 1.82) is 0 Å². The molecule has 7 heteroatoms. The monoisotopic (exact) mass is 324 g/mol. The second kappa shape index (κ2) is 7.92. The van der Waals surface area contributed by atoms with Crippen molar-refractivity contribution in [2.75, 3.05) is 38.7 Å². The predicted octanol–water partition coefficient (Wildman–Crippen LogP) is 1.66. The summed E-state index contributed by atoms with van der Waals surface area (Å²) in [7, 11) is 1.19. The van der Waals surface area contributed by atoms with E-state index in [1.54, 1.807) is 4.90 Å². The highest BCUT2D eigenvalue weighted by atomic mass is 19.1. The summed E-state index contributed by atoms with van der Waals surface area (Å²) < 4.78 is 23.6. The van der Waals surface area contributed by atoms with E-state index < -0.39 is 11.8 Å². The summed E-state index contributed by atoms with van der Waals surface area (Å²) in [6, 6.07) is 3.98. The van der Waals surface area contributed by atoms with Crippen LogP contribution in [0, 0.1) is 5.82 Å². The molecule has 1 N–H and O–H groups in total. The zero-order chi connectivity index (χ0) is 16.8. The quantitative estimate of drug-likeness (QED) is 0.835. The summed E-state index contributed by atoms with van der Waals surface area (Å²) in [5.74, 6) is -1.47. The van der Waals surface area contributed by atoms with Crippen LogP contribution in [0.3, 0.4) is 0 Å². The van der Waals surface area contributed by atoms with Gasteiger partial charge in [-0.15, -0.1) is 0 Å². The molecule has 0 bridgehead atoms. The van der Waals surface area contributed by atoms with Gasteiger partial charge < -0.3 is 19.7 Å². The second-order valence-electron chi connectivity index (χ2n) is 5.28. The number of nitrogens with one attached hydrogen (secondary N) is 1. The van der Waals surface area contributed by atoms with Crippen LogP contribution >= 0.6 is 0 Å². The Labute approximate surface area is 134 Å². The molecule has 1 fully saturated rings. The van der Waals surface area contributed by atoms with E-state index in [1.165, 1.54) is 25.3 Å². The van der Waals surface area contributed by atoms with Gasteiger partial charge in [0.15, 0.2) is 0 Å². The lowest BCUT2D eigenvalue weighted by Gasteiger charge is -2.32. The summed E-state index contributed by atoms with van der Waals surface area (Å²) in [4.78, 5) is 25.4. The highest BCUT2D eigenvalue weighted by Crippen LogP contribution is 2.16. The highest BCUT2D eigenvalue weighted by Gasteiger charge is 2.22. The van der Waals surface area contributed by atoms with Crippen LogP contribution in [-0.4, -0.2) is 56.2 Å². The number of rotatable bonds is 5. The standard InChI is InChI=1S/C16H21FN2O4/c1-3-12-10-19(6-7-23-12)15(20)9-18-11-4-5-14(17)13(8-11)16(21)22-2/h4-5,8,12,18H,3,6-7,9-10H2,1-2H3/t12-/m1/s1. The van der Waals surface area contributed by atoms with Crippen molar-refractivity contribution >= 4 is 17.6 Å². The van der Waals surface area contributed by atoms with Crippen molar-refractivity contribution in [3.8, 4) is 0 Å². The summed E-state index contributed by atoms with van der Waals surface area (Å²) >= 11 is 0. The molecule has 1 aromatic rings. The number of nitrogens with zero attached hydrogens (tertiary/aromatic N) is 1. The van der Waals surface area contributed by atoms with Gasteiger partial charge in [-0.05, 0) is 24.6 Å². The highest BCUT2D eigenvalue weighted by molar-refractivity contribution is 5.91. The van der Waals surface area contributed by atoms with Crippen molar-refractivity contribution in [2.24, 2.45) is 0 Å². The average molecular weight is 324 g/mol. The van der Waals surface area contributed by atoms with Crippen LogP contribution in [0.4, 0.5) is 10.1 Å². The van der Waals surface area contributed by atoms with E-state index in [4.69, 9.17) is 4.74 Å². The molecule has 2 rings (SSSR count). The summed E-state index contributed by atoms with van der Waals surface area (Å²) in [6.07, 6.45) is 0.932. The predicted molar refractivity (Wildman–Crippen MR) is 82.8 cm³/mol. The van der Waals surface area contributed by atoms with Crippen molar-refractivity contribution in [2.45, 2.75) is 19.4 Å². The van der Waals surface area contributed by atoms with E-state index in [-0.39, 0.29) is 24.1 Å². The van der Waals surface area contributed by atoms with E-state index in [0.717, 1.165) is 6.42 Å². The largest absolute Gasteiger partial charge is 0.465 e. The lowest BCUT2D eigenvalue weighted by molar-refractivity contribution is -0.136. The summed E-state index contributed by atoms with van der Waals surface area (Å²) in [6.45, 7) is 3.77. The number of morpholine rings is 1. The topological polar surface area (TPSA) is 67.9 Å². The number of halogens is 1. The van der Waals surface area contributed by atoms with Crippen molar-refractivity contribution < 1.29 is 23.5 Å². The first kappa shape index (κ1) is 17.2. The van der Waals surface area contributed by atoms with Crippen LogP contribution in [0.2, 0.25) is 0 Å². The van der Waals surface area contributed by atoms with Gasteiger partial charge in [0.2, 0.25) is 5.91 Å². The molecule has 0 aromatic heterocycles. The molecule has 0 aliphatic carbocycles. The van der Waals surface area contributed by atoms with Crippen molar-refractivity contribution in [3.63, 3.8) is 0 Å². The Morgan fingerprint density at radius 2 is 2.26 bits per heavy atom. The van der Waals surface area contributed by atoms with Gasteiger partial charge >= 0.3 is 5.97 Å². The first-order valence-electron chi connectivity index (χ1n) is 7.56. The smallest absolute Gasteiger partial charge is 0.340 e. The third-order valence-electron chi connectivity index (χ3n) is 3.76. The van der Waals surface area contributed by atoms with Crippen LogP contribution in [-0.2, 0) is 14.3 Å². The average Bonchev–Trinajstić information content (AvgIpc) is 2.60. The van der Waals surface area contributed by atoms with E-state index >= 15 is 0 Å². The minimum absolute atomic E-state index is 0.0595. The molecule has 0 spiro atoms. The third-order valence-corrected chi connectivity index (χ3v) is 3.76. The van der Waals surface area contributed by atoms with Gasteiger partial charge in [0.05, 0.1) is 31.9 Å². The Kier molecular flexibility index (Phi) is 5.92. The fraction of sp³-hybridized carbons (Fsp3) is 0.500. The van der Waals surface area contributed by atoms with Gasteiger partial charge in [-0.1, -0.05) is 6.92 Å². The zero-order valence-electron chi connectivity index (χ0n) is 13.3. The SMILES string of the molecule is CC[C@@H]1CN(C(=O)CNc2ccc(F)c(C(=O)OC)c2)CCO1. The van der Waals surface area contributed by atoms with Gasteiger partial charge in [0, 0.05) is 18.8 Å². The number of methoxy groups -OCH3 is 1. The fourth-order valence-electron chi connectivity index (χ4n) is 2.38. The Morgan fingerprint density at radius 3 is 2.96 bits per heavy atom. The number of hydrogen-bond donors (Lipinski definition) is 1. The van der Waals surface area contributed by atoms with Crippen molar-refractivity contribution in [1.82, 2.24) is 4.90 Å². The molecule has 1 saturated heterocycles. The number of amides is 1. The van der Waals surface area contributed by atoms with Crippen LogP contribution < -0.4 is 5.32 Å². The molecular formula is C16H21FN2O4. The molecule has 126 valence electrons. The van der Waals surface area contributed by atoms with Crippen LogP contribution in [0.5, 0.6) is 0 Å². The number of esters is 1. The molecule has 0 radical (unpaired) electrons. The molecular weight excluding hydrogens is 303 g/mol. The molecule has 1 aliphatic heterocycles. The number of benzene rings is 1. The molecule has 0 saturated carbocycles. The minimum Gasteiger partial charge on any atom is -0.465 e. The van der Waals surface area contributed by atoms with Gasteiger partial charge in [0.25, 0.3) is 0 Å². The van der Waals surface area contributed by atoms with E-state index in [0.29, 0.717) is 25.4 Å². The summed E-state index contributed by atoms with van der Waals surface area (Å²) in [5, 5.41) is 2.91. The Bertz CT molecular complexity index is 579.